The van der Waals surface area contributed by atoms with Gasteiger partial charge in [0.2, 0.25) is 0 Å². The van der Waals surface area contributed by atoms with Crippen LogP contribution < -0.4 is 10.2 Å². The first-order chi connectivity index (χ1) is 12.7. The molecule has 26 heavy (non-hydrogen) atoms. The summed E-state index contributed by atoms with van der Waals surface area (Å²) >= 11 is 0. The number of pyridine rings is 1. The number of nitrogens with zero attached hydrogens (tertiary/aromatic N) is 2. The predicted octanol–water partition coefficient (Wildman–Crippen LogP) is 4.50. The van der Waals surface area contributed by atoms with Gasteiger partial charge in [-0.3, -0.25) is 4.79 Å². The van der Waals surface area contributed by atoms with Crippen LogP contribution in [-0.2, 0) is 6.54 Å². The fraction of sp³-hybridized carbons (Fsp3) is 0.143. The molecular formula is C21H20FN3O. The molecule has 0 unspecified atom stereocenters. The smallest absolute Gasteiger partial charge is 0.276 e. The second-order valence-electron chi connectivity index (χ2n) is 5.76. The highest BCUT2D eigenvalue weighted by Crippen LogP contribution is 2.17. The molecule has 5 heteroatoms. The van der Waals surface area contributed by atoms with Crippen LogP contribution in [0.3, 0.4) is 0 Å². The minimum absolute atomic E-state index is 0.153. The van der Waals surface area contributed by atoms with Gasteiger partial charge in [-0.25, -0.2) is 9.37 Å². The van der Waals surface area contributed by atoms with E-state index in [2.05, 4.69) is 10.3 Å². The second-order valence-corrected chi connectivity index (χ2v) is 5.76. The molecule has 2 aromatic carbocycles. The standard InChI is InChI=1S/C21H20FN3O/c1-2-25(18-9-4-3-5-10-18)21(26)20-13-12-17(15-24-20)23-14-16-8-6-7-11-19(16)22/h3-13,15,23H,2,14H2,1H3. The topological polar surface area (TPSA) is 45.2 Å². The van der Waals surface area contributed by atoms with E-state index in [0.29, 0.717) is 24.3 Å². The lowest BCUT2D eigenvalue weighted by atomic mass is 10.2. The van der Waals surface area contributed by atoms with Gasteiger partial charge in [0.1, 0.15) is 11.5 Å². The first-order valence-corrected chi connectivity index (χ1v) is 8.49. The Morgan fingerprint density at radius 3 is 2.42 bits per heavy atom. The summed E-state index contributed by atoms with van der Waals surface area (Å²) in [5, 5.41) is 3.12. The number of hydrogen-bond acceptors (Lipinski definition) is 3. The number of para-hydroxylation sites is 1. The van der Waals surface area contributed by atoms with Gasteiger partial charge in [0.15, 0.2) is 0 Å². The lowest BCUT2D eigenvalue weighted by molar-refractivity contribution is 0.0983. The summed E-state index contributed by atoms with van der Waals surface area (Å²) in [6, 6.07) is 19.6. The molecule has 4 nitrogen and oxygen atoms in total. The molecule has 0 saturated carbocycles. The van der Waals surface area contributed by atoms with Gasteiger partial charge in [-0.2, -0.15) is 0 Å². The van der Waals surface area contributed by atoms with Crippen LogP contribution in [0.15, 0.2) is 72.9 Å². The quantitative estimate of drug-likeness (QED) is 0.713. The van der Waals surface area contributed by atoms with Crippen molar-refractivity contribution >= 4 is 17.3 Å². The van der Waals surface area contributed by atoms with Crippen LogP contribution in [-0.4, -0.2) is 17.4 Å². The van der Waals surface area contributed by atoms with Crippen LogP contribution >= 0.6 is 0 Å². The van der Waals surface area contributed by atoms with Crippen LogP contribution in [0.5, 0.6) is 0 Å². The molecule has 0 fully saturated rings. The van der Waals surface area contributed by atoms with Gasteiger partial charge >= 0.3 is 0 Å². The van der Waals surface area contributed by atoms with Gasteiger partial charge in [-0.1, -0.05) is 36.4 Å². The van der Waals surface area contributed by atoms with Crippen LogP contribution in [0, 0.1) is 5.82 Å². The number of anilines is 2. The Bertz CT molecular complexity index is 866. The van der Waals surface area contributed by atoms with Gasteiger partial charge in [0, 0.05) is 24.3 Å². The molecule has 0 bridgehead atoms. The number of nitrogens with one attached hydrogen (secondary N) is 1. The number of carbonyl (C=O) groups is 1. The van der Waals surface area contributed by atoms with Crippen LogP contribution in [0.1, 0.15) is 23.0 Å². The highest BCUT2D eigenvalue weighted by molar-refractivity contribution is 6.04. The largest absolute Gasteiger partial charge is 0.380 e. The third kappa shape index (κ3) is 4.06. The molecule has 0 radical (unpaired) electrons. The molecule has 1 aromatic heterocycles. The zero-order valence-electron chi connectivity index (χ0n) is 14.5. The van der Waals surface area contributed by atoms with Crippen molar-refractivity contribution in [3.8, 4) is 0 Å². The first kappa shape index (κ1) is 17.6. The van der Waals surface area contributed by atoms with E-state index in [4.69, 9.17) is 0 Å². The van der Waals surface area contributed by atoms with Crippen molar-refractivity contribution in [2.45, 2.75) is 13.5 Å². The summed E-state index contributed by atoms with van der Waals surface area (Å²) in [6.07, 6.45) is 1.59. The normalized spacial score (nSPS) is 10.4. The first-order valence-electron chi connectivity index (χ1n) is 8.49. The van der Waals surface area contributed by atoms with Gasteiger partial charge in [-0.15, -0.1) is 0 Å². The average molecular weight is 349 g/mol. The van der Waals surface area contributed by atoms with Crippen molar-refractivity contribution in [3.63, 3.8) is 0 Å². The summed E-state index contributed by atoms with van der Waals surface area (Å²) < 4.78 is 13.6. The third-order valence-corrected chi connectivity index (χ3v) is 4.05. The number of benzene rings is 2. The third-order valence-electron chi connectivity index (χ3n) is 4.05. The molecule has 0 aliphatic rings. The average Bonchev–Trinajstić information content (AvgIpc) is 2.69. The van der Waals surface area contributed by atoms with Crippen molar-refractivity contribution in [2.75, 3.05) is 16.8 Å². The Balaban J connectivity index is 1.68. The lowest BCUT2D eigenvalue weighted by Gasteiger charge is -2.20. The van der Waals surface area contributed by atoms with Crippen LogP contribution in [0.2, 0.25) is 0 Å². The molecule has 1 heterocycles. The number of hydrogen-bond donors (Lipinski definition) is 1. The lowest BCUT2D eigenvalue weighted by Crippen LogP contribution is -2.31. The van der Waals surface area contributed by atoms with E-state index < -0.39 is 0 Å². The molecule has 0 aliphatic carbocycles. The number of halogens is 1. The van der Waals surface area contributed by atoms with Crippen molar-refractivity contribution in [3.05, 3.63) is 90.0 Å². The maximum absolute atomic E-state index is 13.6. The molecule has 0 aliphatic heterocycles. The molecule has 1 N–H and O–H groups in total. The molecule has 132 valence electrons. The SMILES string of the molecule is CCN(C(=O)c1ccc(NCc2ccccc2F)cn1)c1ccccc1. The molecule has 0 spiro atoms. The van der Waals surface area contributed by atoms with Gasteiger partial charge in [0.25, 0.3) is 5.91 Å². The molecule has 0 saturated heterocycles. The minimum Gasteiger partial charge on any atom is -0.380 e. The number of amides is 1. The van der Waals surface area contributed by atoms with Gasteiger partial charge in [0.05, 0.1) is 11.9 Å². The van der Waals surface area contributed by atoms with Crippen molar-refractivity contribution in [2.24, 2.45) is 0 Å². The monoisotopic (exact) mass is 349 g/mol. The Kier molecular flexibility index (Phi) is 5.59. The van der Waals surface area contributed by atoms with E-state index in [1.807, 2.05) is 37.3 Å². The fourth-order valence-corrected chi connectivity index (χ4v) is 2.65. The van der Waals surface area contributed by atoms with E-state index in [0.717, 1.165) is 11.4 Å². The summed E-state index contributed by atoms with van der Waals surface area (Å²) in [7, 11) is 0. The van der Waals surface area contributed by atoms with Crippen molar-refractivity contribution < 1.29 is 9.18 Å². The number of rotatable bonds is 6. The minimum atomic E-state index is -0.249. The van der Waals surface area contributed by atoms with E-state index >= 15 is 0 Å². The Morgan fingerprint density at radius 2 is 1.77 bits per heavy atom. The Morgan fingerprint density at radius 1 is 1.04 bits per heavy atom. The highest BCUT2D eigenvalue weighted by Gasteiger charge is 2.17. The predicted molar refractivity (Wildman–Crippen MR) is 102 cm³/mol. The molecule has 3 rings (SSSR count). The van der Waals surface area contributed by atoms with Crippen LogP contribution in [0.25, 0.3) is 0 Å². The van der Waals surface area contributed by atoms with E-state index in [-0.39, 0.29) is 11.7 Å². The second kappa shape index (κ2) is 8.25. The molecule has 0 atom stereocenters. The van der Waals surface area contributed by atoms with E-state index in [1.54, 1.807) is 41.4 Å². The van der Waals surface area contributed by atoms with Crippen molar-refractivity contribution in [1.82, 2.24) is 4.98 Å². The zero-order chi connectivity index (χ0) is 18.4. The molecule has 1 amide bonds. The number of carbonyl (C=O) groups excluding carboxylic acids is 1. The summed E-state index contributed by atoms with van der Waals surface area (Å²) in [5.41, 5.74) is 2.51. The van der Waals surface area contributed by atoms with E-state index in [1.165, 1.54) is 6.07 Å². The van der Waals surface area contributed by atoms with Gasteiger partial charge < -0.3 is 10.2 Å². The molecular weight excluding hydrogens is 329 g/mol. The summed E-state index contributed by atoms with van der Waals surface area (Å²) in [4.78, 5) is 18.6. The van der Waals surface area contributed by atoms with Crippen LogP contribution in [0.4, 0.5) is 15.8 Å². The fourth-order valence-electron chi connectivity index (χ4n) is 2.65. The zero-order valence-corrected chi connectivity index (χ0v) is 14.5. The number of aromatic nitrogens is 1. The Labute approximate surface area is 152 Å². The molecule has 3 aromatic rings. The maximum Gasteiger partial charge on any atom is 0.276 e. The maximum atomic E-state index is 13.6. The summed E-state index contributed by atoms with van der Waals surface area (Å²) in [5.74, 6) is -0.402. The van der Waals surface area contributed by atoms with E-state index in [9.17, 15) is 9.18 Å². The summed E-state index contributed by atoms with van der Waals surface area (Å²) in [6.45, 7) is 2.83. The Hall–Kier alpha value is -3.21. The van der Waals surface area contributed by atoms with Crippen molar-refractivity contribution in [1.29, 1.82) is 0 Å². The van der Waals surface area contributed by atoms with Gasteiger partial charge in [-0.05, 0) is 37.3 Å². The highest BCUT2D eigenvalue weighted by atomic mass is 19.1.